The number of aromatic nitrogens is 1. The van der Waals surface area contributed by atoms with Crippen molar-refractivity contribution < 1.29 is 15.1 Å². The summed E-state index contributed by atoms with van der Waals surface area (Å²) in [5, 5.41) is 20.6. The third kappa shape index (κ3) is 2.65. The predicted molar refractivity (Wildman–Crippen MR) is 67.9 cm³/mol. The van der Waals surface area contributed by atoms with E-state index in [9.17, 15) is 9.90 Å². The van der Waals surface area contributed by atoms with Gasteiger partial charge in [0, 0.05) is 18.3 Å². The second kappa shape index (κ2) is 5.66. The van der Waals surface area contributed by atoms with Crippen LogP contribution in [0.3, 0.4) is 0 Å². The molecule has 7 heteroatoms. The second-order valence-electron chi connectivity index (χ2n) is 4.39. The summed E-state index contributed by atoms with van der Waals surface area (Å²) in [6.07, 6.45) is 3.08. The Morgan fingerprint density at radius 2 is 2.37 bits per heavy atom. The minimum atomic E-state index is -0.206. The molecule has 0 radical (unpaired) electrons. The molecule has 2 heterocycles. The Kier molecular flexibility index (Phi) is 3.96. The molecular formula is C12H16N4O3. The lowest BCUT2D eigenvalue weighted by molar-refractivity contribution is 0.0672. The Labute approximate surface area is 110 Å². The van der Waals surface area contributed by atoms with Crippen molar-refractivity contribution in [2.24, 2.45) is 10.9 Å². The Morgan fingerprint density at radius 1 is 1.58 bits per heavy atom. The first kappa shape index (κ1) is 13.3. The number of aliphatic hydroxyl groups excluding tert-OH is 1. The standard InChI is InChI=1S/C12H16N4O3/c13-11(15-19)8-3-4-10(14-6-8)12(18)16-5-1-2-9(16)7-17/h3-4,6,9,17,19H,1-2,5,7H2,(H2,13,15). The highest BCUT2D eigenvalue weighted by Gasteiger charge is 2.29. The Balaban J connectivity index is 2.16. The summed E-state index contributed by atoms with van der Waals surface area (Å²) >= 11 is 0. The van der Waals surface area contributed by atoms with E-state index in [0.29, 0.717) is 12.1 Å². The molecule has 102 valence electrons. The van der Waals surface area contributed by atoms with Crippen molar-refractivity contribution in [3.8, 4) is 0 Å². The summed E-state index contributed by atoms with van der Waals surface area (Å²) in [6, 6.07) is 2.97. The van der Waals surface area contributed by atoms with Gasteiger partial charge in [0.05, 0.1) is 12.6 Å². The van der Waals surface area contributed by atoms with Crippen molar-refractivity contribution in [2.45, 2.75) is 18.9 Å². The number of hydrogen-bond donors (Lipinski definition) is 3. The van der Waals surface area contributed by atoms with E-state index in [4.69, 9.17) is 10.9 Å². The van der Waals surface area contributed by atoms with Gasteiger partial charge < -0.3 is 20.9 Å². The molecule has 1 amide bonds. The van der Waals surface area contributed by atoms with Crippen LogP contribution in [0.2, 0.25) is 0 Å². The van der Waals surface area contributed by atoms with Gasteiger partial charge in [-0.25, -0.2) is 0 Å². The van der Waals surface area contributed by atoms with Crippen molar-refractivity contribution in [2.75, 3.05) is 13.2 Å². The van der Waals surface area contributed by atoms with Crippen LogP contribution >= 0.6 is 0 Å². The van der Waals surface area contributed by atoms with Crippen LogP contribution in [-0.4, -0.2) is 51.1 Å². The largest absolute Gasteiger partial charge is 0.409 e. The van der Waals surface area contributed by atoms with E-state index >= 15 is 0 Å². The van der Waals surface area contributed by atoms with Gasteiger partial charge in [-0.3, -0.25) is 9.78 Å². The van der Waals surface area contributed by atoms with E-state index in [2.05, 4.69) is 10.1 Å². The minimum Gasteiger partial charge on any atom is -0.409 e. The van der Waals surface area contributed by atoms with Gasteiger partial charge in [0.2, 0.25) is 0 Å². The van der Waals surface area contributed by atoms with Gasteiger partial charge in [0.1, 0.15) is 5.69 Å². The maximum absolute atomic E-state index is 12.2. The average molecular weight is 264 g/mol. The number of oxime groups is 1. The van der Waals surface area contributed by atoms with Gasteiger partial charge in [0.25, 0.3) is 5.91 Å². The number of carbonyl (C=O) groups excluding carboxylic acids is 1. The number of nitrogens with zero attached hydrogens (tertiary/aromatic N) is 3. The third-order valence-electron chi connectivity index (χ3n) is 3.23. The molecule has 1 atom stereocenters. The van der Waals surface area contributed by atoms with Crippen molar-refractivity contribution >= 4 is 11.7 Å². The fourth-order valence-corrected chi connectivity index (χ4v) is 2.17. The molecule has 1 aromatic heterocycles. The lowest BCUT2D eigenvalue weighted by Crippen LogP contribution is -2.38. The van der Waals surface area contributed by atoms with Gasteiger partial charge >= 0.3 is 0 Å². The zero-order valence-corrected chi connectivity index (χ0v) is 10.4. The molecule has 0 saturated carbocycles. The van der Waals surface area contributed by atoms with Crippen LogP contribution in [0.1, 0.15) is 28.9 Å². The first-order valence-corrected chi connectivity index (χ1v) is 6.03. The van der Waals surface area contributed by atoms with Crippen molar-refractivity contribution in [1.82, 2.24) is 9.88 Å². The fourth-order valence-electron chi connectivity index (χ4n) is 2.17. The van der Waals surface area contributed by atoms with Crippen LogP contribution in [0.5, 0.6) is 0 Å². The molecule has 19 heavy (non-hydrogen) atoms. The molecule has 1 fully saturated rings. The highest BCUT2D eigenvalue weighted by molar-refractivity contribution is 5.98. The van der Waals surface area contributed by atoms with Gasteiger partial charge in [-0.2, -0.15) is 0 Å². The summed E-state index contributed by atoms with van der Waals surface area (Å²) in [5.41, 5.74) is 6.15. The minimum absolute atomic E-state index is 0.0338. The molecule has 4 N–H and O–H groups in total. The number of pyridine rings is 1. The summed E-state index contributed by atoms with van der Waals surface area (Å²) in [7, 11) is 0. The molecule has 2 rings (SSSR count). The topological polar surface area (TPSA) is 112 Å². The summed E-state index contributed by atoms with van der Waals surface area (Å²) in [5.74, 6) is -0.261. The van der Waals surface area contributed by atoms with Crippen LogP contribution in [0, 0.1) is 0 Å². The van der Waals surface area contributed by atoms with E-state index in [0.717, 1.165) is 12.8 Å². The first-order chi connectivity index (χ1) is 9.17. The number of rotatable bonds is 3. The van der Waals surface area contributed by atoms with Crippen LogP contribution in [0.15, 0.2) is 23.5 Å². The van der Waals surface area contributed by atoms with E-state index < -0.39 is 0 Å². The number of nitrogens with two attached hydrogens (primary N) is 1. The van der Waals surface area contributed by atoms with Crippen molar-refractivity contribution in [1.29, 1.82) is 0 Å². The number of carbonyl (C=O) groups is 1. The molecule has 1 aliphatic heterocycles. The van der Waals surface area contributed by atoms with Gasteiger partial charge in [-0.15, -0.1) is 0 Å². The molecular weight excluding hydrogens is 248 g/mol. The Bertz CT molecular complexity index is 486. The number of amides is 1. The van der Waals surface area contributed by atoms with E-state index in [1.165, 1.54) is 12.3 Å². The van der Waals surface area contributed by atoms with Crippen LogP contribution in [0.4, 0.5) is 0 Å². The number of hydrogen-bond acceptors (Lipinski definition) is 5. The smallest absolute Gasteiger partial charge is 0.272 e. The highest BCUT2D eigenvalue weighted by Crippen LogP contribution is 2.19. The quantitative estimate of drug-likeness (QED) is 0.302. The molecule has 1 aliphatic rings. The molecule has 1 unspecified atom stereocenters. The van der Waals surface area contributed by atoms with Crippen LogP contribution < -0.4 is 5.73 Å². The van der Waals surface area contributed by atoms with E-state index in [-0.39, 0.29) is 30.1 Å². The maximum atomic E-state index is 12.2. The number of amidine groups is 1. The lowest BCUT2D eigenvalue weighted by Gasteiger charge is -2.22. The average Bonchev–Trinajstić information content (AvgIpc) is 2.94. The maximum Gasteiger partial charge on any atom is 0.272 e. The van der Waals surface area contributed by atoms with Gasteiger partial charge in [-0.05, 0) is 25.0 Å². The monoisotopic (exact) mass is 264 g/mol. The highest BCUT2D eigenvalue weighted by atomic mass is 16.4. The van der Waals surface area contributed by atoms with Crippen LogP contribution in [0.25, 0.3) is 0 Å². The van der Waals surface area contributed by atoms with Crippen molar-refractivity contribution in [3.05, 3.63) is 29.6 Å². The lowest BCUT2D eigenvalue weighted by atomic mass is 10.2. The number of aliphatic hydroxyl groups is 1. The van der Waals surface area contributed by atoms with Crippen molar-refractivity contribution in [3.63, 3.8) is 0 Å². The molecule has 0 spiro atoms. The summed E-state index contributed by atoms with van der Waals surface area (Å²) in [6.45, 7) is 0.599. The second-order valence-corrected chi connectivity index (χ2v) is 4.39. The van der Waals surface area contributed by atoms with Gasteiger partial charge in [0.15, 0.2) is 5.84 Å². The van der Waals surface area contributed by atoms with E-state index in [1.807, 2.05) is 0 Å². The molecule has 1 saturated heterocycles. The predicted octanol–water partition coefficient (Wildman–Crippen LogP) is -0.227. The normalized spacial score (nSPS) is 19.7. The molecule has 0 aliphatic carbocycles. The fraction of sp³-hybridized carbons (Fsp3) is 0.417. The SMILES string of the molecule is NC(=NO)c1ccc(C(=O)N2CCCC2CO)nc1. The molecule has 0 bridgehead atoms. The zero-order chi connectivity index (χ0) is 13.8. The molecule has 0 aromatic carbocycles. The molecule has 7 nitrogen and oxygen atoms in total. The van der Waals surface area contributed by atoms with E-state index in [1.54, 1.807) is 11.0 Å². The zero-order valence-electron chi connectivity index (χ0n) is 10.4. The van der Waals surface area contributed by atoms with Gasteiger partial charge in [-0.1, -0.05) is 5.16 Å². The third-order valence-corrected chi connectivity index (χ3v) is 3.23. The first-order valence-electron chi connectivity index (χ1n) is 6.03. The Hall–Kier alpha value is -2.15. The van der Waals surface area contributed by atoms with Crippen LogP contribution in [-0.2, 0) is 0 Å². The summed E-state index contributed by atoms with van der Waals surface area (Å²) in [4.78, 5) is 17.9. The summed E-state index contributed by atoms with van der Waals surface area (Å²) < 4.78 is 0. The Morgan fingerprint density at radius 3 is 2.95 bits per heavy atom. The molecule has 1 aromatic rings. The number of likely N-dealkylation sites (tertiary alicyclic amines) is 1.